The van der Waals surface area contributed by atoms with E-state index < -0.39 is 0 Å². The van der Waals surface area contributed by atoms with Crippen molar-refractivity contribution in [2.24, 2.45) is 0 Å². The third-order valence-electron chi connectivity index (χ3n) is 1.85. The van der Waals surface area contributed by atoms with Gasteiger partial charge < -0.3 is 0 Å². The highest BCUT2D eigenvalue weighted by Crippen LogP contribution is 2.24. The molecular weight excluding hydrogens is 128 g/mol. The molecule has 1 heteroatoms. The summed E-state index contributed by atoms with van der Waals surface area (Å²) in [7, 11) is 0. The third-order valence-corrected chi connectivity index (χ3v) is 2.13. The van der Waals surface area contributed by atoms with E-state index in [1.807, 2.05) is 0 Å². The Kier molecular flexibility index (Phi) is 1.06. The fourth-order valence-electron chi connectivity index (χ4n) is 1.18. The van der Waals surface area contributed by atoms with E-state index in [2.05, 4.69) is 30.8 Å². The zero-order valence-corrected chi connectivity index (χ0v) is 5.99. The zero-order chi connectivity index (χ0) is 6.27. The molecule has 1 aliphatic rings. The minimum absolute atomic E-state index is 1.09. The summed E-state index contributed by atoms with van der Waals surface area (Å²) in [6, 6.07) is 6.38. The van der Waals surface area contributed by atoms with Gasteiger partial charge in [-0.05, 0) is 36.1 Å². The number of aryl methyl sites for hydroxylation is 2. The lowest BCUT2D eigenvalue weighted by atomic mass is 9.89. The number of fused-ring (bicyclic) bond motifs is 1. The summed E-state index contributed by atoms with van der Waals surface area (Å²) in [5.41, 5.74) is 3.00. The zero-order valence-electron chi connectivity index (χ0n) is 5.09. The summed E-state index contributed by atoms with van der Waals surface area (Å²) in [5, 5.41) is 0. The molecule has 0 saturated carbocycles. The van der Waals surface area contributed by atoms with Crippen LogP contribution >= 0.6 is 12.6 Å². The minimum Gasteiger partial charge on any atom is -0.143 e. The van der Waals surface area contributed by atoms with Gasteiger partial charge in [-0.15, -0.1) is 12.6 Å². The van der Waals surface area contributed by atoms with Crippen LogP contribution in [0.25, 0.3) is 0 Å². The molecule has 0 heterocycles. The van der Waals surface area contributed by atoms with Crippen molar-refractivity contribution in [3.8, 4) is 0 Å². The van der Waals surface area contributed by atoms with Crippen molar-refractivity contribution in [3.63, 3.8) is 0 Å². The molecule has 0 bridgehead atoms. The molecule has 2 rings (SSSR count). The number of hydrogen-bond donors (Lipinski definition) is 1. The SMILES string of the molecule is Sc1ccc2c(c1)CC2. The number of rotatable bonds is 0. The van der Waals surface area contributed by atoms with Crippen LogP contribution < -0.4 is 0 Å². The largest absolute Gasteiger partial charge is 0.143 e. The molecule has 0 aromatic heterocycles. The van der Waals surface area contributed by atoms with E-state index in [0.717, 1.165) is 4.90 Å². The van der Waals surface area contributed by atoms with Gasteiger partial charge in [0.1, 0.15) is 0 Å². The van der Waals surface area contributed by atoms with Gasteiger partial charge in [-0.25, -0.2) is 0 Å². The second-order valence-corrected chi connectivity index (χ2v) is 2.97. The van der Waals surface area contributed by atoms with E-state index >= 15 is 0 Å². The predicted octanol–water partition coefficient (Wildman–Crippen LogP) is 2.07. The highest BCUT2D eigenvalue weighted by Gasteiger charge is 2.10. The molecule has 9 heavy (non-hydrogen) atoms. The number of thiol groups is 1. The Morgan fingerprint density at radius 3 is 2.33 bits per heavy atom. The fourth-order valence-corrected chi connectivity index (χ4v) is 1.41. The van der Waals surface area contributed by atoms with Gasteiger partial charge in [-0.2, -0.15) is 0 Å². The molecule has 46 valence electrons. The first-order valence-electron chi connectivity index (χ1n) is 3.17. The van der Waals surface area contributed by atoms with Gasteiger partial charge in [0.2, 0.25) is 0 Å². The molecular formula is C8H8S. The molecule has 0 nitrogen and oxygen atoms in total. The first kappa shape index (κ1) is 5.36. The normalized spacial score (nSPS) is 14.3. The first-order valence-corrected chi connectivity index (χ1v) is 3.62. The average molecular weight is 136 g/mol. The fraction of sp³-hybridized carbons (Fsp3) is 0.250. The monoisotopic (exact) mass is 136 g/mol. The number of benzene rings is 1. The molecule has 0 aliphatic heterocycles. The van der Waals surface area contributed by atoms with Gasteiger partial charge in [0.05, 0.1) is 0 Å². The lowest BCUT2D eigenvalue weighted by Crippen LogP contribution is -2.06. The molecule has 0 spiro atoms. The van der Waals surface area contributed by atoms with Crippen LogP contribution in [0.4, 0.5) is 0 Å². The molecule has 1 aliphatic carbocycles. The van der Waals surface area contributed by atoms with E-state index in [4.69, 9.17) is 0 Å². The van der Waals surface area contributed by atoms with Crippen molar-refractivity contribution >= 4 is 12.6 Å². The maximum atomic E-state index is 4.24. The van der Waals surface area contributed by atoms with Crippen molar-refractivity contribution in [1.29, 1.82) is 0 Å². The second-order valence-electron chi connectivity index (χ2n) is 2.45. The Hall–Kier alpha value is -0.430. The first-order chi connectivity index (χ1) is 4.36. The Labute approximate surface area is 60.3 Å². The second kappa shape index (κ2) is 1.77. The van der Waals surface area contributed by atoms with Gasteiger partial charge in [-0.3, -0.25) is 0 Å². The summed E-state index contributed by atoms with van der Waals surface area (Å²) in [4.78, 5) is 1.09. The summed E-state index contributed by atoms with van der Waals surface area (Å²) < 4.78 is 0. The van der Waals surface area contributed by atoms with Crippen LogP contribution in [0, 0.1) is 0 Å². The molecule has 0 atom stereocenters. The average Bonchev–Trinajstić information content (AvgIpc) is 1.78. The summed E-state index contributed by atoms with van der Waals surface area (Å²) in [6.45, 7) is 0. The minimum atomic E-state index is 1.09. The van der Waals surface area contributed by atoms with Crippen LogP contribution in [-0.2, 0) is 12.8 Å². The molecule has 0 unspecified atom stereocenters. The lowest BCUT2D eigenvalue weighted by Gasteiger charge is -2.17. The quantitative estimate of drug-likeness (QED) is 0.519. The van der Waals surface area contributed by atoms with Crippen molar-refractivity contribution in [2.45, 2.75) is 17.7 Å². The maximum Gasteiger partial charge on any atom is 0.00429 e. The highest BCUT2D eigenvalue weighted by atomic mass is 32.1. The molecule has 0 N–H and O–H groups in total. The smallest absolute Gasteiger partial charge is 0.00429 e. The standard InChI is InChI=1S/C8H8S/c9-8-4-3-6-1-2-7(6)5-8/h3-5,9H,1-2H2. The van der Waals surface area contributed by atoms with Crippen molar-refractivity contribution in [1.82, 2.24) is 0 Å². The van der Waals surface area contributed by atoms with Gasteiger partial charge in [0.15, 0.2) is 0 Å². The lowest BCUT2D eigenvalue weighted by molar-refractivity contribution is 0.833. The van der Waals surface area contributed by atoms with Crippen LogP contribution in [0.3, 0.4) is 0 Å². The maximum absolute atomic E-state index is 4.24. The molecule has 1 aromatic rings. The van der Waals surface area contributed by atoms with Crippen LogP contribution in [0.15, 0.2) is 23.1 Å². The summed E-state index contributed by atoms with van der Waals surface area (Å²) in [6.07, 6.45) is 2.52. The van der Waals surface area contributed by atoms with Crippen molar-refractivity contribution in [2.75, 3.05) is 0 Å². The summed E-state index contributed by atoms with van der Waals surface area (Å²) >= 11 is 4.24. The molecule has 0 fully saturated rings. The van der Waals surface area contributed by atoms with Crippen LogP contribution in [-0.4, -0.2) is 0 Å². The Morgan fingerprint density at radius 2 is 1.89 bits per heavy atom. The molecule has 1 aromatic carbocycles. The van der Waals surface area contributed by atoms with Gasteiger partial charge in [0.25, 0.3) is 0 Å². The third kappa shape index (κ3) is 0.761. The van der Waals surface area contributed by atoms with Crippen LogP contribution in [0.1, 0.15) is 11.1 Å². The van der Waals surface area contributed by atoms with E-state index in [1.54, 1.807) is 0 Å². The van der Waals surface area contributed by atoms with Crippen molar-refractivity contribution < 1.29 is 0 Å². The van der Waals surface area contributed by atoms with E-state index in [0.29, 0.717) is 0 Å². The van der Waals surface area contributed by atoms with Crippen molar-refractivity contribution in [3.05, 3.63) is 29.3 Å². The van der Waals surface area contributed by atoms with Gasteiger partial charge in [0, 0.05) is 4.90 Å². The molecule has 0 amide bonds. The highest BCUT2D eigenvalue weighted by molar-refractivity contribution is 7.80. The van der Waals surface area contributed by atoms with Gasteiger partial charge >= 0.3 is 0 Å². The Bertz CT molecular complexity index is 240. The Morgan fingerprint density at radius 1 is 1.11 bits per heavy atom. The predicted molar refractivity (Wildman–Crippen MR) is 41.1 cm³/mol. The molecule has 0 saturated heterocycles. The van der Waals surface area contributed by atoms with E-state index in [9.17, 15) is 0 Å². The van der Waals surface area contributed by atoms with E-state index in [1.165, 1.54) is 24.0 Å². The van der Waals surface area contributed by atoms with E-state index in [-0.39, 0.29) is 0 Å². The van der Waals surface area contributed by atoms with Crippen LogP contribution in [0.2, 0.25) is 0 Å². The van der Waals surface area contributed by atoms with Gasteiger partial charge in [-0.1, -0.05) is 6.07 Å². The Balaban J connectivity index is 2.57. The number of hydrogen-bond acceptors (Lipinski definition) is 1. The topological polar surface area (TPSA) is 0 Å². The molecule has 0 radical (unpaired) electrons. The van der Waals surface area contributed by atoms with Crippen LogP contribution in [0.5, 0.6) is 0 Å². The summed E-state index contributed by atoms with van der Waals surface area (Å²) in [5.74, 6) is 0.